The number of hydrogen-bond acceptors (Lipinski definition) is 4. The summed E-state index contributed by atoms with van der Waals surface area (Å²) in [5.74, 6) is 0.128. The van der Waals surface area contributed by atoms with E-state index in [0.717, 1.165) is 11.1 Å². The molecule has 0 saturated heterocycles. The largest absolute Gasteiger partial charge is 0.481 e. The van der Waals surface area contributed by atoms with Crippen LogP contribution in [0.4, 0.5) is 0 Å². The molecular weight excluding hydrogens is 268 g/mol. The smallest absolute Gasteiger partial charge is 0.303 e. The lowest BCUT2D eigenvalue weighted by molar-refractivity contribution is -0.139. The number of aromatic nitrogens is 2. The Labute approximate surface area is 124 Å². The zero-order valence-electron chi connectivity index (χ0n) is 12.8. The molecule has 0 unspecified atom stereocenters. The van der Waals surface area contributed by atoms with Crippen LogP contribution in [-0.2, 0) is 11.2 Å². The minimum atomic E-state index is -0.825. The highest BCUT2D eigenvalue weighted by molar-refractivity contribution is 5.67. The number of rotatable bonds is 5. The van der Waals surface area contributed by atoms with Gasteiger partial charge in [0.05, 0.1) is 6.42 Å². The minimum Gasteiger partial charge on any atom is -0.481 e. The molecule has 1 N–H and O–H groups in total. The third-order valence-corrected chi connectivity index (χ3v) is 3.56. The van der Waals surface area contributed by atoms with Crippen LogP contribution in [0.25, 0.3) is 11.5 Å². The van der Waals surface area contributed by atoms with Crippen molar-refractivity contribution >= 4 is 5.97 Å². The Balaban J connectivity index is 2.22. The van der Waals surface area contributed by atoms with E-state index in [1.807, 2.05) is 45.9 Å². The van der Waals surface area contributed by atoms with Gasteiger partial charge in [-0.15, -0.1) is 10.2 Å². The lowest BCUT2D eigenvalue weighted by atomic mass is 9.86. The lowest BCUT2D eigenvalue weighted by Gasteiger charge is -2.19. The van der Waals surface area contributed by atoms with Crippen molar-refractivity contribution in [1.82, 2.24) is 10.2 Å². The highest BCUT2D eigenvalue weighted by Gasteiger charge is 2.25. The van der Waals surface area contributed by atoms with Crippen molar-refractivity contribution in [2.75, 3.05) is 0 Å². The van der Waals surface area contributed by atoms with Gasteiger partial charge in [-0.2, -0.15) is 0 Å². The number of aryl methyl sites for hydroxylation is 1. The van der Waals surface area contributed by atoms with Gasteiger partial charge in [-0.3, -0.25) is 4.79 Å². The van der Waals surface area contributed by atoms with Gasteiger partial charge in [-0.25, -0.2) is 0 Å². The standard InChI is InChI=1S/C16H20N2O3/c1-10-6-5-7-12(11(10)2)15-18-17-13(21-15)8-16(3,4)9-14(19)20/h5-7H,8-9H2,1-4H3,(H,19,20). The first-order valence-electron chi connectivity index (χ1n) is 6.89. The molecule has 0 aliphatic rings. The molecule has 2 rings (SSSR count). The Hall–Kier alpha value is -2.17. The van der Waals surface area contributed by atoms with Gasteiger partial charge in [-0.1, -0.05) is 26.0 Å². The van der Waals surface area contributed by atoms with Crippen LogP contribution in [0.3, 0.4) is 0 Å². The van der Waals surface area contributed by atoms with E-state index in [1.165, 1.54) is 5.56 Å². The molecule has 5 nitrogen and oxygen atoms in total. The Bertz CT molecular complexity index is 659. The lowest BCUT2D eigenvalue weighted by Crippen LogP contribution is -2.19. The van der Waals surface area contributed by atoms with E-state index in [9.17, 15) is 4.79 Å². The molecule has 1 aromatic carbocycles. The third-order valence-electron chi connectivity index (χ3n) is 3.56. The first kappa shape index (κ1) is 15.2. The number of benzene rings is 1. The Morgan fingerprint density at radius 1 is 1.29 bits per heavy atom. The van der Waals surface area contributed by atoms with Gasteiger partial charge in [0.15, 0.2) is 0 Å². The predicted molar refractivity (Wildman–Crippen MR) is 78.9 cm³/mol. The fraction of sp³-hybridized carbons (Fsp3) is 0.438. The van der Waals surface area contributed by atoms with E-state index in [-0.39, 0.29) is 6.42 Å². The monoisotopic (exact) mass is 288 g/mol. The van der Waals surface area contributed by atoms with Crippen LogP contribution in [0.1, 0.15) is 37.3 Å². The molecule has 5 heteroatoms. The van der Waals surface area contributed by atoms with Gasteiger partial charge in [0.25, 0.3) is 0 Å². The highest BCUT2D eigenvalue weighted by Crippen LogP contribution is 2.28. The maximum Gasteiger partial charge on any atom is 0.303 e. The Kier molecular flexibility index (Phi) is 4.11. The summed E-state index contributed by atoms with van der Waals surface area (Å²) in [7, 11) is 0. The molecule has 112 valence electrons. The van der Waals surface area contributed by atoms with Crippen LogP contribution in [0, 0.1) is 19.3 Å². The van der Waals surface area contributed by atoms with Crippen LogP contribution in [-0.4, -0.2) is 21.3 Å². The number of carbonyl (C=O) groups is 1. The van der Waals surface area contributed by atoms with E-state index in [2.05, 4.69) is 10.2 Å². The number of carboxylic acid groups (broad SMARTS) is 1. The molecule has 0 amide bonds. The van der Waals surface area contributed by atoms with E-state index in [4.69, 9.17) is 9.52 Å². The number of carboxylic acids is 1. The number of aliphatic carboxylic acids is 1. The van der Waals surface area contributed by atoms with Crippen molar-refractivity contribution in [1.29, 1.82) is 0 Å². The summed E-state index contributed by atoms with van der Waals surface area (Å²) in [4.78, 5) is 10.8. The van der Waals surface area contributed by atoms with Gasteiger partial charge in [0, 0.05) is 12.0 Å². The van der Waals surface area contributed by atoms with Crippen molar-refractivity contribution in [3.8, 4) is 11.5 Å². The topological polar surface area (TPSA) is 76.2 Å². The number of nitrogens with zero attached hydrogens (tertiary/aromatic N) is 2. The van der Waals surface area contributed by atoms with E-state index < -0.39 is 11.4 Å². The summed E-state index contributed by atoms with van der Waals surface area (Å²) in [5.41, 5.74) is 2.78. The fourth-order valence-corrected chi connectivity index (χ4v) is 2.30. The summed E-state index contributed by atoms with van der Waals surface area (Å²) in [6.45, 7) is 7.81. The molecule has 0 atom stereocenters. The van der Waals surface area contributed by atoms with Crippen LogP contribution in [0.2, 0.25) is 0 Å². The van der Waals surface area contributed by atoms with Gasteiger partial charge < -0.3 is 9.52 Å². The molecule has 0 bridgehead atoms. The summed E-state index contributed by atoms with van der Waals surface area (Å²) < 4.78 is 5.71. The van der Waals surface area contributed by atoms with Crippen molar-refractivity contribution in [3.05, 3.63) is 35.2 Å². The summed E-state index contributed by atoms with van der Waals surface area (Å²) in [6.07, 6.45) is 0.505. The summed E-state index contributed by atoms with van der Waals surface area (Å²) in [6, 6.07) is 5.93. The zero-order chi connectivity index (χ0) is 15.6. The van der Waals surface area contributed by atoms with Gasteiger partial charge in [0.2, 0.25) is 11.8 Å². The molecule has 21 heavy (non-hydrogen) atoms. The second kappa shape index (κ2) is 5.68. The Morgan fingerprint density at radius 2 is 2.00 bits per heavy atom. The molecule has 0 spiro atoms. The second-order valence-corrected chi connectivity index (χ2v) is 6.16. The molecule has 0 aliphatic carbocycles. The molecule has 0 fully saturated rings. The van der Waals surface area contributed by atoms with E-state index >= 15 is 0 Å². The van der Waals surface area contributed by atoms with Crippen LogP contribution in [0.15, 0.2) is 22.6 Å². The second-order valence-electron chi connectivity index (χ2n) is 6.16. The molecule has 0 saturated carbocycles. The molecule has 0 aliphatic heterocycles. The zero-order valence-corrected chi connectivity index (χ0v) is 12.8. The van der Waals surface area contributed by atoms with Crippen LogP contribution < -0.4 is 0 Å². The molecular formula is C16H20N2O3. The van der Waals surface area contributed by atoms with Crippen molar-refractivity contribution in [2.24, 2.45) is 5.41 Å². The average molecular weight is 288 g/mol. The van der Waals surface area contributed by atoms with Gasteiger partial charge >= 0.3 is 5.97 Å². The first-order valence-corrected chi connectivity index (χ1v) is 6.89. The quantitative estimate of drug-likeness (QED) is 0.912. The van der Waals surface area contributed by atoms with Crippen molar-refractivity contribution in [2.45, 2.75) is 40.5 Å². The summed E-state index contributed by atoms with van der Waals surface area (Å²) >= 11 is 0. The normalized spacial score (nSPS) is 11.6. The van der Waals surface area contributed by atoms with Crippen LogP contribution in [0.5, 0.6) is 0 Å². The van der Waals surface area contributed by atoms with Crippen molar-refractivity contribution < 1.29 is 14.3 Å². The van der Waals surface area contributed by atoms with E-state index in [1.54, 1.807) is 0 Å². The van der Waals surface area contributed by atoms with Gasteiger partial charge in [0.1, 0.15) is 0 Å². The SMILES string of the molecule is Cc1cccc(-c2nnc(CC(C)(C)CC(=O)O)o2)c1C. The third kappa shape index (κ3) is 3.68. The molecule has 0 radical (unpaired) electrons. The fourth-order valence-electron chi connectivity index (χ4n) is 2.30. The van der Waals surface area contributed by atoms with Crippen LogP contribution >= 0.6 is 0 Å². The molecule has 2 aromatic rings. The summed E-state index contributed by atoms with van der Waals surface area (Å²) in [5, 5.41) is 17.0. The predicted octanol–water partition coefficient (Wildman–Crippen LogP) is 3.40. The molecule has 1 aromatic heterocycles. The molecule has 1 heterocycles. The maximum atomic E-state index is 10.8. The maximum absolute atomic E-state index is 10.8. The van der Waals surface area contributed by atoms with E-state index in [0.29, 0.717) is 18.2 Å². The van der Waals surface area contributed by atoms with Crippen molar-refractivity contribution in [3.63, 3.8) is 0 Å². The van der Waals surface area contributed by atoms with Gasteiger partial charge in [-0.05, 0) is 36.5 Å². The minimum absolute atomic E-state index is 0.0637. The first-order chi connectivity index (χ1) is 9.78. The Morgan fingerprint density at radius 3 is 2.67 bits per heavy atom. The average Bonchev–Trinajstić information content (AvgIpc) is 2.78. The number of hydrogen-bond donors (Lipinski definition) is 1. The highest BCUT2D eigenvalue weighted by atomic mass is 16.4.